The fourth-order valence-electron chi connectivity index (χ4n) is 2.02. The SMILES string of the molecule is CC(Cc1ccccc1Cl)NCc1ccc(F)cc1F. The number of hydrogen-bond acceptors (Lipinski definition) is 1. The molecule has 0 aliphatic carbocycles. The van der Waals surface area contributed by atoms with Gasteiger partial charge in [0.25, 0.3) is 0 Å². The highest BCUT2D eigenvalue weighted by molar-refractivity contribution is 6.31. The van der Waals surface area contributed by atoms with Gasteiger partial charge in [0.05, 0.1) is 0 Å². The average Bonchev–Trinajstić information content (AvgIpc) is 2.40. The van der Waals surface area contributed by atoms with E-state index < -0.39 is 11.6 Å². The molecule has 0 aliphatic heterocycles. The van der Waals surface area contributed by atoms with Crippen molar-refractivity contribution in [1.29, 1.82) is 0 Å². The Kier molecular flexibility index (Phi) is 5.10. The van der Waals surface area contributed by atoms with Crippen molar-refractivity contribution in [3.63, 3.8) is 0 Å². The van der Waals surface area contributed by atoms with Crippen LogP contribution in [0.3, 0.4) is 0 Å². The number of halogens is 3. The minimum Gasteiger partial charge on any atom is -0.310 e. The van der Waals surface area contributed by atoms with E-state index in [4.69, 9.17) is 11.6 Å². The van der Waals surface area contributed by atoms with E-state index in [2.05, 4.69) is 5.32 Å². The first-order valence-electron chi connectivity index (χ1n) is 6.47. The van der Waals surface area contributed by atoms with Crippen molar-refractivity contribution in [3.8, 4) is 0 Å². The second-order valence-corrected chi connectivity index (χ2v) is 5.22. The fraction of sp³-hybridized carbons (Fsp3) is 0.250. The van der Waals surface area contributed by atoms with E-state index in [9.17, 15) is 8.78 Å². The predicted octanol–water partition coefficient (Wildman–Crippen LogP) is 4.34. The zero-order valence-electron chi connectivity index (χ0n) is 11.2. The summed E-state index contributed by atoms with van der Waals surface area (Å²) in [7, 11) is 0. The molecule has 1 nitrogen and oxygen atoms in total. The number of benzene rings is 2. The number of hydrogen-bond donors (Lipinski definition) is 1. The predicted molar refractivity (Wildman–Crippen MR) is 77.8 cm³/mol. The van der Waals surface area contributed by atoms with Gasteiger partial charge in [0.2, 0.25) is 0 Å². The molecule has 2 aromatic carbocycles. The normalized spacial score (nSPS) is 12.4. The fourth-order valence-corrected chi connectivity index (χ4v) is 2.23. The van der Waals surface area contributed by atoms with Gasteiger partial charge in [-0.3, -0.25) is 0 Å². The average molecular weight is 296 g/mol. The van der Waals surface area contributed by atoms with Crippen LogP contribution in [0.1, 0.15) is 18.1 Å². The lowest BCUT2D eigenvalue weighted by atomic mass is 10.1. The van der Waals surface area contributed by atoms with Crippen LogP contribution in [-0.2, 0) is 13.0 Å². The molecule has 0 bridgehead atoms. The molecule has 106 valence electrons. The first-order valence-corrected chi connectivity index (χ1v) is 6.85. The molecule has 1 N–H and O–H groups in total. The lowest BCUT2D eigenvalue weighted by Gasteiger charge is -2.15. The van der Waals surface area contributed by atoms with Crippen molar-refractivity contribution in [2.75, 3.05) is 0 Å². The third-order valence-corrected chi connectivity index (χ3v) is 3.51. The Hall–Kier alpha value is -1.45. The van der Waals surface area contributed by atoms with Gasteiger partial charge in [-0.25, -0.2) is 8.78 Å². The second-order valence-electron chi connectivity index (χ2n) is 4.81. The van der Waals surface area contributed by atoms with Crippen LogP contribution in [0.25, 0.3) is 0 Å². The third-order valence-electron chi connectivity index (χ3n) is 3.14. The molecule has 0 amide bonds. The summed E-state index contributed by atoms with van der Waals surface area (Å²) in [6, 6.07) is 11.4. The van der Waals surface area contributed by atoms with Crippen LogP contribution in [0, 0.1) is 11.6 Å². The number of nitrogens with one attached hydrogen (secondary N) is 1. The van der Waals surface area contributed by atoms with E-state index in [-0.39, 0.29) is 6.04 Å². The molecular weight excluding hydrogens is 280 g/mol. The molecule has 0 aliphatic rings. The van der Waals surface area contributed by atoms with E-state index >= 15 is 0 Å². The molecule has 20 heavy (non-hydrogen) atoms. The van der Waals surface area contributed by atoms with Gasteiger partial charge < -0.3 is 5.32 Å². The largest absolute Gasteiger partial charge is 0.310 e. The Balaban J connectivity index is 1.92. The van der Waals surface area contributed by atoms with Crippen molar-refractivity contribution >= 4 is 11.6 Å². The van der Waals surface area contributed by atoms with Crippen LogP contribution >= 0.6 is 11.6 Å². The molecule has 0 fully saturated rings. The smallest absolute Gasteiger partial charge is 0.130 e. The van der Waals surface area contributed by atoms with Gasteiger partial charge in [0.15, 0.2) is 0 Å². The maximum absolute atomic E-state index is 13.5. The van der Waals surface area contributed by atoms with Crippen molar-refractivity contribution in [2.24, 2.45) is 0 Å². The Bertz CT molecular complexity index is 586. The molecule has 1 atom stereocenters. The lowest BCUT2D eigenvalue weighted by Crippen LogP contribution is -2.28. The highest BCUT2D eigenvalue weighted by Crippen LogP contribution is 2.17. The van der Waals surface area contributed by atoms with Crippen LogP contribution < -0.4 is 5.32 Å². The summed E-state index contributed by atoms with van der Waals surface area (Å²) in [5.41, 5.74) is 1.51. The minimum absolute atomic E-state index is 0.138. The molecule has 0 aromatic heterocycles. The Labute approximate surface area is 122 Å². The molecular formula is C16H16ClF2N. The van der Waals surface area contributed by atoms with Crippen molar-refractivity contribution < 1.29 is 8.78 Å². The highest BCUT2D eigenvalue weighted by Gasteiger charge is 2.08. The van der Waals surface area contributed by atoms with Crippen molar-refractivity contribution in [2.45, 2.75) is 25.9 Å². The highest BCUT2D eigenvalue weighted by atomic mass is 35.5. The van der Waals surface area contributed by atoms with Crippen LogP contribution in [0.15, 0.2) is 42.5 Å². The summed E-state index contributed by atoms with van der Waals surface area (Å²) in [4.78, 5) is 0. The third kappa shape index (κ3) is 4.02. The molecule has 0 heterocycles. The molecule has 2 rings (SSSR count). The van der Waals surface area contributed by atoms with Gasteiger partial charge in [-0.1, -0.05) is 35.9 Å². The summed E-state index contributed by atoms with van der Waals surface area (Å²) >= 11 is 6.10. The van der Waals surface area contributed by atoms with E-state index in [0.29, 0.717) is 12.1 Å². The standard InChI is InChI=1S/C16H16ClF2N/c1-11(8-12-4-2-3-5-15(12)17)20-10-13-6-7-14(18)9-16(13)19/h2-7,9,11,20H,8,10H2,1H3. The van der Waals surface area contributed by atoms with Crippen LogP contribution in [-0.4, -0.2) is 6.04 Å². The second kappa shape index (κ2) is 6.82. The van der Waals surface area contributed by atoms with Crippen molar-refractivity contribution in [1.82, 2.24) is 5.32 Å². The van der Waals surface area contributed by atoms with E-state index in [1.165, 1.54) is 12.1 Å². The molecule has 2 aromatic rings. The van der Waals surface area contributed by atoms with Gasteiger partial charge in [-0.15, -0.1) is 0 Å². The minimum atomic E-state index is -0.560. The number of rotatable bonds is 5. The quantitative estimate of drug-likeness (QED) is 0.865. The molecule has 0 spiro atoms. The van der Waals surface area contributed by atoms with E-state index in [0.717, 1.165) is 23.1 Å². The Morgan fingerprint density at radius 1 is 1.10 bits per heavy atom. The van der Waals surface area contributed by atoms with E-state index in [1.54, 1.807) is 0 Å². The van der Waals surface area contributed by atoms with Gasteiger partial charge in [0.1, 0.15) is 11.6 Å². The summed E-state index contributed by atoms with van der Waals surface area (Å²) < 4.78 is 26.3. The molecule has 0 radical (unpaired) electrons. The van der Waals surface area contributed by atoms with Crippen LogP contribution in [0.2, 0.25) is 5.02 Å². The summed E-state index contributed by atoms with van der Waals surface area (Å²) in [5.74, 6) is -1.09. The first kappa shape index (κ1) is 14.9. The lowest BCUT2D eigenvalue weighted by molar-refractivity contribution is 0.519. The molecule has 0 saturated heterocycles. The molecule has 0 saturated carbocycles. The van der Waals surface area contributed by atoms with Gasteiger partial charge >= 0.3 is 0 Å². The topological polar surface area (TPSA) is 12.0 Å². The first-order chi connectivity index (χ1) is 9.56. The monoisotopic (exact) mass is 295 g/mol. The van der Waals surface area contributed by atoms with Gasteiger partial charge in [-0.05, 0) is 31.0 Å². The van der Waals surface area contributed by atoms with Crippen LogP contribution in [0.5, 0.6) is 0 Å². The maximum atomic E-state index is 13.5. The van der Waals surface area contributed by atoms with Crippen LogP contribution in [0.4, 0.5) is 8.78 Å². The maximum Gasteiger partial charge on any atom is 0.130 e. The Morgan fingerprint density at radius 3 is 2.55 bits per heavy atom. The van der Waals surface area contributed by atoms with Gasteiger partial charge in [-0.2, -0.15) is 0 Å². The Morgan fingerprint density at radius 2 is 1.85 bits per heavy atom. The van der Waals surface area contributed by atoms with Crippen molar-refractivity contribution in [3.05, 3.63) is 70.2 Å². The molecule has 1 unspecified atom stereocenters. The van der Waals surface area contributed by atoms with E-state index in [1.807, 2.05) is 31.2 Å². The molecule has 4 heteroatoms. The zero-order valence-corrected chi connectivity index (χ0v) is 11.9. The summed E-state index contributed by atoms with van der Waals surface area (Å²) in [6.07, 6.45) is 0.752. The van der Waals surface area contributed by atoms with Gasteiger partial charge in [0, 0.05) is 29.2 Å². The zero-order chi connectivity index (χ0) is 14.5. The summed E-state index contributed by atoms with van der Waals surface area (Å²) in [6.45, 7) is 2.36. The summed E-state index contributed by atoms with van der Waals surface area (Å²) in [5, 5.41) is 3.94.